The van der Waals surface area contributed by atoms with Crippen molar-refractivity contribution >= 4 is 35.0 Å². The second kappa shape index (κ2) is 12.3. The van der Waals surface area contributed by atoms with Crippen LogP contribution < -0.4 is 30.3 Å². The summed E-state index contributed by atoms with van der Waals surface area (Å²) in [7, 11) is 2.58. The fourth-order valence-corrected chi connectivity index (χ4v) is 5.01. The first-order valence-corrected chi connectivity index (χ1v) is 13.0. The van der Waals surface area contributed by atoms with Crippen LogP contribution in [0.2, 0.25) is 0 Å². The van der Waals surface area contributed by atoms with Gasteiger partial charge >= 0.3 is 0 Å². The van der Waals surface area contributed by atoms with Crippen LogP contribution in [0.15, 0.2) is 42.7 Å². The number of thioether (sulfide) groups is 1. The SMILES string of the molecule is CNC(=O)c1cc(OC)c(F)c(COc2cnc(Nc3cccc(N4CS[C@H](C)N[C@H](C)C4)c3)nc2)c1F. The molecule has 1 aliphatic heterocycles. The summed E-state index contributed by atoms with van der Waals surface area (Å²) in [5.74, 6) is -1.53. The number of carbonyl (C=O) groups excluding carboxylic acids is 1. The number of hydrogen-bond acceptors (Lipinski definition) is 9. The summed E-state index contributed by atoms with van der Waals surface area (Å²) in [6, 6.07) is 9.37. The average Bonchev–Trinajstić information content (AvgIpc) is 3.09. The molecule has 1 amide bonds. The van der Waals surface area contributed by atoms with Gasteiger partial charge < -0.3 is 30.3 Å². The van der Waals surface area contributed by atoms with Gasteiger partial charge in [0.05, 0.1) is 41.9 Å². The molecule has 3 N–H and O–H groups in total. The third-order valence-corrected chi connectivity index (χ3v) is 7.02. The van der Waals surface area contributed by atoms with E-state index in [2.05, 4.69) is 50.7 Å². The number of rotatable bonds is 8. The summed E-state index contributed by atoms with van der Waals surface area (Å²) in [6.07, 6.45) is 2.80. The summed E-state index contributed by atoms with van der Waals surface area (Å²) in [4.78, 5) is 22.8. The Morgan fingerprint density at radius 3 is 2.68 bits per heavy atom. The number of amides is 1. The minimum Gasteiger partial charge on any atom is -0.494 e. The van der Waals surface area contributed by atoms with Gasteiger partial charge in [0, 0.05) is 31.0 Å². The molecule has 0 unspecified atom stereocenters. The van der Waals surface area contributed by atoms with Crippen molar-refractivity contribution < 1.29 is 23.0 Å². The Morgan fingerprint density at radius 1 is 1.21 bits per heavy atom. The molecule has 0 aliphatic carbocycles. The number of carbonyl (C=O) groups is 1. The molecule has 3 aromatic rings. The average molecular weight is 545 g/mol. The predicted octanol–water partition coefficient (Wildman–Crippen LogP) is 4.28. The molecular formula is C26H30F2N6O3S. The van der Waals surface area contributed by atoms with E-state index in [4.69, 9.17) is 9.47 Å². The topological polar surface area (TPSA) is 101 Å². The predicted molar refractivity (Wildman–Crippen MR) is 144 cm³/mol. The van der Waals surface area contributed by atoms with Crippen LogP contribution in [-0.4, -0.2) is 53.9 Å². The lowest BCUT2D eigenvalue weighted by Crippen LogP contribution is -2.37. The summed E-state index contributed by atoms with van der Waals surface area (Å²) < 4.78 is 40.0. The van der Waals surface area contributed by atoms with Gasteiger partial charge in [-0.3, -0.25) is 4.79 Å². The van der Waals surface area contributed by atoms with Gasteiger partial charge in [-0.1, -0.05) is 6.07 Å². The number of methoxy groups -OCH3 is 1. The van der Waals surface area contributed by atoms with Crippen molar-refractivity contribution in [1.29, 1.82) is 0 Å². The highest BCUT2D eigenvalue weighted by Crippen LogP contribution is 2.29. The van der Waals surface area contributed by atoms with E-state index in [0.717, 1.165) is 29.9 Å². The molecule has 0 radical (unpaired) electrons. The number of nitrogens with zero attached hydrogens (tertiary/aromatic N) is 3. The van der Waals surface area contributed by atoms with Gasteiger partial charge in [-0.25, -0.2) is 18.7 Å². The molecule has 1 saturated heterocycles. The van der Waals surface area contributed by atoms with E-state index >= 15 is 0 Å². The second-order valence-corrected chi connectivity index (χ2v) is 10.0. The molecule has 0 bridgehead atoms. The number of ether oxygens (including phenoxy) is 2. The van der Waals surface area contributed by atoms with E-state index in [1.165, 1.54) is 26.6 Å². The molecule has 1 aliphatic rings. The Kier molecular flexibility index (Phi) is 8.85. The normalized spacial score (nSPS) is 17.5. The van der Waals surface area contributed by atoms with E-state index in [1.54, 1.807) is 0 Å². The Hall–Kier alpha value is -3.64. The summed E-state index contributed by atoms with van der Waals surface area (Å²) in [5.41, 5.74) is 1.12. The highest BCUT2D eigenvalue weighted by molar-refractivity contribution is 7.99. The Morgan fingerprint density at radius 2 is 1.97 bits per heavy atom. The molecule has 2 aromatic carbocycles. The highest BCUT2D eigenvalue weighted by Gasteiger charge is 2.23. The smallest absolute Gasteiger partial charge is 0.254 e. The number of benzene rings is 2. The van der Waals surface area contributed by atoms with Crippen LogP contribution in [0.25, 0.3) is 0 Å². The minimum absolute atomic E-state index is 0.199. The fourth-order valence-electron chi connectivity index (χ4n) is 4.03. The Labute approximate surface area is 224 Å². The first kappa shape index (κ1) is 27.4. The number of halogens is 2. The van der Waals surface area contributed by atoms with Gasteiger partial charge in [-0.15, -0.1) is 11.8 Å². The molecule has 2 atom stereocenters. The van der Waals surface area contributed by atoms with Crippen LogP contribution in [-0.2, 0) is 6.61 Å². The van der Waals surface area contributed by atoms with E-state index in [0.29, 0.717) is 17.4 Å². The van der Waals surface area contributed by atoms with Gasteiger partial charge in [0.15, 0.2) is 17.3 Å². The Balaban J connectivity index is 1.43. The fraction of sp³-hybridized carbons (Fsp3) is 0.346. The van der Waals surface area contributed by atoms with Gasteiger partial charge in [0.1, 0.15) is 12.4 Å². The van der Waals surface area contributed by atoms with Crippen LogP contribution in [0.3, 0.4) is 0 Å². The third kappa shape index (κ3) is 6.43. The van der Waals surface area contributed by atoms with Crippen molar-refractivity contribution in [3.63, 3.8) is 0 Å². The number of anilines is 3. The van der Waals surface area contributed by atoms with Crippen LogP contribution in [0.5, 0.6) is 11.5 Å². The van der Waals surface area contributed by atoms with Crippen molar-refractivity contribution in [2.24, 2.45) is 0 Å². The lowest BCUT2D eigenvalue weighted by Gasteiger charge is -2.24. The number of aromatic nitrogens is 2. The lowest BCUT2D eigenvalue weighted by molar-refractivity contribution is 0.0958. The zero-order valence-corrected chi connectivity index (χ0v) is 22.4. The van der Waals surface area contributed by atoms with E-state index in [9.17, 15) is 13.6 Å². The molecule has 2 heterocycles. The maximum Gasteiger partial charge on any atom is 0.254 e. The summed E-state index contributed by atoms with van der Waals surface area (Å²) in [6.45, 7) is 4.74. The zero-order chi connectivity index (χ0) is 27.2. The highest BCUT2D eigenvalue weighted by atomic mass is 32.2. The second-order valence-electron chi connectivity index (χ2n) is 8.75. The molecule has 4 rings (SSSR count). The van der Waals surface area contributed by atoms with E-state index < -0.39 is 29.7 Å². The van der Waals surface area contributed by atoms with Gasteiger partial charge in [-0.2, -0.15) is 0 Å². The quantitative estimate of drug-likeness (QED) is 0.384. The number of hydrogen-bond donors (Lipinski definition) is 3. The summed E-state index contributed by atoms with van der Waals surface area (Å²) >= 11 is 1.85. The maximum absolute atomic E-state index is 14.8. The van der Waals surface area contributed by atoms with Crippen LogP contribution in [0.1, 0.15) is 29.8 Å². The van der Waals surface area contributed by atoms with Crippen molar-refractivity contribution in [3.8, 4) is 11.5 Å². The largest absolute Gasteiger partial charge is 0.494 e. The molecule has 38 heavy (non-hydrogen) atoms. The summed E-state index contributed by atoms with van der Waals surface area (Å²) in [5, 5.41) is 9.43. The van der Waals surface area contributed by atoms with Crippen LogP contribution >= 0.6 is 11.8 Å². The third-order valence-electron chi connectivity index (χ3n) is 5.92. The monoisotopic (exact) mass is 544 g/mol. The zero-order valence-electron chi connectivity index (χ0n) is 21.5. The molecule has 1 aromatic heterocycles. The maximum atomic E-state index is 14.8. The van der Waals surface area contributed by atoms with Crippen LogP contribution in [0.4, 0.5) is 26.1 Å². The van der Waals surface area contributed by atoms with Crippen molar-refractivity contribution in [2.45, 2.75) is 31.9 Å². The lowest BCUT2D eigenvalue weighted by atomic mass is 10.1. The first-order chi connectivity index (χ1) is 18.3. The van der Waals surface area contributed by atoms with Crippen molar-refractivity contribution in [3.05, 3.63) is 65.5 Å². The standard InChI is InChI=1S/C26H30F2N6O3S/c1-15-12-34(14-38-16(2)32-15)18-7-5-6-17(8-18)33-26-30-10-19(11-31-26)37-13-21-23(27)20(25(35)29-3)9-22(36-4)24(21)28/h5-11,15-16,32H,12-14H2,1-4H3,(H,29,35)(H,30,31,33)/t15-,16-/m1/s1. The van der Waals surface area contributed by atoms with Gasteiger partial charge in [0.2, 0.25) is 5.95 Å². The molecule has 9 nitrogen and oxygen atoms in total. The van der Waals surface area contributed by atoms with E-state index in [1.807, 2.05) is 30.0 Å². The van der Waals surface area contributed by atoms with Crippen molar-refractivity contribution in [2.75, 3.05) is 36.8 Å². The molecular weight excluding hydrogens is 514 g/mol. The molecule has 12 heteroatoms. The molecule has 0 saturated carbocycles. The molecule has 202 valence electrons. The minimum atomic E-state index is -1.02. The van der Waals surface area contributed by atoms with Gasteiger partial charge in [-0.05, 0) is 38.1 Å². The molecule has 1 fully saturated rings. The molecule has 0 spiro atoms. The van der Waals surface area contributed by atoms with E-state index in [-0.39, 0.29) is 17.1 Å². The Bertz CT molecular complexity index is 1280. The van der Waals surface area contributed by atoms with Crippen molar-refractivity contribution in [1.82, 2.24) is 20.6 Å². The van der Waals surface area contributed by atoms with Gasteiger partial charge in [0.25, 0.3) is 5.91 Å². The van der Waals surface area contributed by atoms with Crippen LogP contribution in [0, 0.1) is 11.6 Å². The first-order valence-electron chi connectivity index (χ1n) is 12.0. The number of nitrogens with one attached hydrogen (secondary N) is 3.